The van der Waals surface area contributed by atoms with Crippen LogP contribution >= 0.6 is 11.3 Å². The van der Waals surface area contributed by atoms with Gasteiger partial charge in [-0.1, -0.05) is 0 Å². The lowest BCUT2D eigenvalue weighted by Crippen LogP contribution is -2.39. The molecule has 0 saturated heterocycles. The third-order valence-corrected chi connectivity index (χ3v) is 4.09. The van der Waals surface area contributed by atoms with Crippen LogP contribution in [0.5, 0.6) is 0 Å². The number of hydrogen-bond donors (Lipinski definition) is 3. The monoisotopic (exact) mass is 354 g/mol. The van der Waals surface area contributed by atoms with Crippen LogP contribution in [0.3, 0.4) is 0 Å². The van der Waals surface area contributed by atoms with E-state index in [-0.39, 0.29) is 0 Å². The summed E-state index contributed by atoms with van der Waals surface area (Å²) in [6.45, 7) is 1.93. The first-order chi connectivity index (χ1) is 12.1. The highest BCUT2D eigenvalue weighted by atomic mass is 32.1. The second-order valence-electron chi connectivity index (χ2n) is 5.00. The number of rotatable bonds is 4. The van der Waals surface area contributed by atoms with Crippen molar-refractivity contribution in [3.05, 3.63) is 53.9 Å². The zero-order valence-electron chi connectivity index (χ0n) is 13.2. The molecule has 0 bridgehead atoms. The molecular weight excluding hydrogens is 340 g/mol. The summed E-state index contributed by atoms with van der Waals surface area (Å²) in [4.78, 5) is 35.8. The van der Waals surface area contributed by atoms with Crippen molar-refractivity contribution in [1.29, 1.82) is 0 Å². The van der Waals surface area contributed by atoms with Crippen LogP contribution < -0.4 is 16.2 Å². The van der Waals surface area contributed by atoms with Gasteiger partial charge in [0.15, 0.2) is 5.82 Å². The molecule has 0 spiro atoms. The summed E-state index contributed by atoms with van der Waals surface area (Å²) < 4.78 is 0. The van der Waals surface area contributed by atoms with Crippen molar-refractivity contribution in [3.8, 4) is 10.6 Å². The average Bonchev–Trinajstić information content (AvgIpc) is 3.07. The zero-order valence-corrected chi connectivity index (χ0v) is 14.0. The van der Waals surface area contributed by atoms with Gasteiger partial charge in [0.25, 0.3) is 0 Å². The summed E-state index contributed by atoms with van der Waals surface area (Å²) in [5, 5.41) is 5.39. The van der Waals surface area contributed by atoms with E-state index in [2.05, 4.69) is 31.1 Å². The van der Waals surface area contributed by atoms with E-state index in [0.717, 1.165) is 16.3 Å². The lowest BCUT2D eigenvalue weighted by atomic mass is 10.2. The number of anilines is 2. The Balaban J connectivity index is 1.56. The Labute approximate surface area is 147 Å². The Hall–Kier alpha value is -3.33. The first-order valence-electron chi connectivity index (χ1n) is 7.28. The van der Waals surface area contributed by atoms with E-state index in [1.54, 1.807) is 23.5 Å². The summed E-state index contributed by atoms with van der Waals surface area (Å²) >= 11 is 1.55. The maximum atomic E-state index is 11.9. The largest absolute Gasteiger partial charge is 0.327 e. The number of nitrogens with zero attached hydrogens (tertiary/aromatic N) is 3. The Morgan fingerprint density at radius 2 is 1.88 bits per heavy atom. The Morgan fingerprint density at radius 1 is 1.08 bits per heavy atom. The molecular formula is C16H14N6O2S. The number of benzene rings is 1. The number of amides is 2. The molecule has 2 amide bonds. The molecule has 25 heavy (non-hydrogen) atoms. The Kier molecular flexibility index (Phi) is 4.95. The minimum atomic E-state index is -0.842. The summed E-state index contributed by atoms with van der Waals surface area (Å²) in [6, 6.07) is 7.11. The van der Waals surface area contributed by atoms with Gasteiger partial charge >= 0.3 is 11.8 Å². The van der Waals surface area contributed by atoms with Crippen LogP contribution in [0.1, 0.15) is 5.69 Å². The maximum Gasteiger partial charge on any atom is 0.327 e. The van der Waals surface area contributed by atoms with Crippen LogP contribution in [-0.2, 0) is 9.59 Å². The topological polar surface area (TPSA) is 109 Å². The van der Waals surface area contributed by atoms with Gasteiger partial charge in [0.05, 0.1) is 6.20 Å². The molecule has 0 atom stereocenters. The van der Waals surface area contributed by atoms with E-state index < -0.39 is 11.8 Å². The molecule has 3 rings (SSSR count). The van der Waals surface area contributed by atoms with Gasteiger partial charge in [-0.05, 0) is 31.2 Å². The maximum absolute atomic E-state index is 11.9. The van der Waals surface area contributed by atoms with Crippen molar-refractivity contribution in [3.63, 3.8) is 0 Å². The minimum Gasteiger partial charge on any atom is -0.318 e. The molecule has 0 fully saturated rings. The molecule has 126 valence electrons. The van der Waals surface area contributed by atoms with Gasteiger partial charge in [0, 0.05) is 34.7 Å². The quantitative estimate of drug-likeness (QED) is 0.488. The van der Waals surface area contributed by atoms with Gasteiger partial charge in [-0.15, -0.1) is 11.3 Å². The highest BCUT2D eigenvalue weighted by Gasteiger charge is 2.13. The van der Waals surface area contributed by atoms with Crippen LogP contribution in [0, 0.1) is 6.92 Å². The molecule has 1 aromatic carbocycles. The smallest absolute Gasteiger partial charge is 0.318 e. The minimum absolute atomic E-state index is 0.326. The van der Waals surface area contributed by atoms with E-state index in [4.69, 9.17) is 0 Å². The standard InChI is InChI=1S/C16H14N6O2S/c1-10-9-25-16(19-10)11-2-4-12(5-3-11)20-14(23)15(24)22-21-13-8-17-6-7-18-13/h2-9H,1H3,(H,18,21)(H,20,23)(H,22,24). The molecule has 9 heteroatoms. The van der Waals surface area contributed by atoms with Gasteiger partial charge < -0.3 is 5.32 Å². The number of hydrogen-bond acceptors (Lipinski definition) is 7. The molecule has 0 unspecified atom stereocenters. The zero-order chi connectivity index (χ0) is 17.6. The van der Waals surface area contributed by atoms with E-state index in [9.17, 15) is 9.59 Å². The Morgan fingerprint density at radius 3 is 2.52 bits per heavy atom. The van der Waals surface area contributed by atoms with Crippen LogP contribution in [0.15, 0.2) is 48.2 Å². The van der Waals surface area contributed by atoms with Gasteiger partial charge in [-0.25, -0.2) is 9.97 Å². The van der Waals surface area contributed by atoms with E-state index in [0.29, 0.717) is 11.5 Å². The molecule has 2 heterocycles. The van der Waals surface area contributed by atoms with Gasteiger partial charge in [0.2, 0.25) is 0 Å². The Bertz CT molecular complexity index is 879. The lowest BCUT2D eigenvalue weighted by molar-refractivity contribution is -0.135. The number of carbonyl (C=O) groups is 2. The normalized spacial score (nSPS) is 10.1. The fourth-order valence-electron chi connectivity index (χ4n) is 1.91. The summed E-state index contributed by atoms with van der Waals surface area (Å²) in [5.74, 6) is -1.31. The van der Waals surface area contributed by atoms with Crippen LogP contribution in [0.2, 0.25) is 0 Å². The molecule has 0 aliphatic carbocycles. The van der Waals surface area contributed by atoms with E-state index in [1.807, 2.05) is 24.4 Å². The van der Waals surface area contributed by atoms with Crippen LogP contribution in [0.25, 0.3) is 10.6 Å². The third kappa shape index (κ3) is 4.36. The van der Waals surface area contributed by atoms with Crippen molar-refractivity contribution in [2.75, 3.05) is 10.7 Å². The molecule has 2 aromatic heterocycles. The highest BCUT2D eigenvalue weighted by Crippen LogP contribution is 2.24. The van der Waals surface area contributed by atoms with E-state index in [1.165, 1.54) is 18.6 Å². The summed E-state index contributed by atoms with van der Waals surface area (Å²) in [7, 11) is 0. The first-order valence-corrected chi connectivity index (χ1v) is 8.16. The number of hydrazine groups is 1. The number of nitrogens with one attached hydrogen (secondary N) is 3. The molecule has 0 radical (unpaired) electrons. The molecule has 3 N–H and O–H groups in total. The van der Waals surface area contributed by atoms with Crippen LogP contribution in [-0.4, -0.2) is 26.8 Å². The molecule has 0 aliphatic heterocycles. The SMILES string of the molecule is Cc1csc(-c2ccc(NC(=O)C(=O)NNc3cnccn3)cc2)n1. The summed E-state index contributed by atoms with van der Waals surface area (Å²) in [6.07, 6.45) is 4.37. The van der Waals surface area contributed by atoms with Gasteiger partial charge in [0.1, 0.15) is 5.01 Å². The number of aryl methyl sites for hydroxylation is 1. The fraction of sp³-hybridized carbons (Fsp3) is 0.0625. The highest BCUT2D eigenvalue weighted by molar-refractivity contribution is 7.13. The van der Waals surface area contributed by atoms with Crippen molar-refractivity contribution >= 4 is 34.7 Å². The molecule has 3 aromatic rings. The molecule has 0 saturated carbocycles. The number of carbonyl (C=O) groups excluding carboxylic acids is 2. The second kappa shape index (κ2) is 7.49. The fourth-order valence-corrected chi connectivity index (χ4v) is 2.72. The average molecular weight is 354 g/mol. The lowest BCUT2D eigenvalue weighted by Gasteiger charge is -2.08. The van der Waals surface area contributed by atoms with Crippen molar-refractivity contribution in [2.24, 2.45) is 0 Å². The van der Waals surface area contributed by atoms with Crippen molar-refractivity contribution in [2.45, 2.75) is 6.92 Å². The molecule has 0 aliphatic rings. The second-order valence-corrected chi connectivity index (χ2v) is 5.85. The van der Waals surface area contributed by atoms with E-state index >= 15 is 0 Å². The number of thiazole rings is 1. The van der Waals surface area contributed by atoms with Crippen LogP contribution in [0.4, 0.5) is 11.5 Å². The molecule has 8 nitrogen and oxygen atoms in total. The predicted molar refractivity (Wildman–Crippen MR) is 94.7 cm³/mol. The predicted octanol–water partition coefficient (Wildman–Crippen LogP) is 1.99. The van der Waals surface area contributed by atoms with Crippen molar-refractivity contribution < 1.29 is 9.59 Å². The third-order valence-electron chi connectivity index (χ3n) is 3.08. The summed E-state index contributed by atoms with van der Waals surface area (Å²) in [5.41, 5.74) is 7.17. The van der Waals surface area contributed by atoms with Gasteiger partial charge in [-0.3, -0.25) is 25.4 Å². The number of aromatic nitrogens is 3. The van der Waals surface area contributed by atoms with Gasteiger partial charge in [-0.2, -0.15) is 0 Å². The first kappa shape index (κ1) is 16.5. The van der Waals surface area contributed by atoms with Crippen molar-refractivity contribution in [1.82, 2.24) is 20.4 Å².